The molecule has 1 saturated carbocycles. The van der Waals surface area contributed by atoms with Crippen LogP contribution in [0, 0.1) is 31.1 Å². The maximum Gasteiger partial charge on any atom is 0.262 e. The van der Waals surface area contributed by atoms with Crippen molar-refractivity contribution < 1.29 is 13.2 Å². The summed E-state index contributed by atoms with van der Waals surface area (Å²) in [7, 11) is -3.02. The van der Waals surface area contributed by atoms with Crippen LogP contribution in [0.2, 0.25) is 0 Å². The van der Waals surface area contributed by atoms with Crippen LogP contribution in [0.3, 0.4) is 0 Å². The quantitative estimate of drug-likeness (QED) is 0.613. The Morgan fingerprint density at radius 1 is 1.29 bits per heavy atom. The summed E-state index contributed by atoms with van der Waals surface area (Å²) >= 11 is 0. The predicted octanol–water partition coefficient (Wildman–Crippen LogP) is 2.46. The van der Waals surface area contributed by atoms with Crippen LogP contribution in [-0.2, 0) is 14.6 Å². The van der Waals surface area contributed by atoms with Crippen molar-refractivity contribution in [2.24, 2.45) is 5.92 Å². The van der Waals surface area contributed by atoms with Gasteiger partial charge in [-0.15, -0.1) is 0 Å². The molecule has 1 N–H and O–H groups in total. The molecule has 1 aliphatic heterocycles. The van der Waals surface area contributed by atoms with Crippen LogP contribution in [-0.4, -0.2) is 41.7 Å². The largest absolute Gasteiger partial charge is 0.348 e. The van der Waals surface area contributed by atoms with E-state index < -0.39 is 9.84 Å². The van der Waals surface area contributed by atoms with Gasteiger partial charge in [0.15, 0.2) is 9.84 Å². The van der Waals surface area contributed by atoms with Gasteiger partial charge in [-0.2, -0.15) is 10.4 Å². The number of hydrogen-bond acceptors (Lipinski definition) is 5. The van der Waals surface area contributed by atoms with E-state index in [1.54, 1.807) is 10.8 Å². The lowest BCUT2D eigenvalue weighted by atomic mass is 9.86. The van der Waals surface area contributed by atoms with E-state index in [-0.39, 0.29) is 35.1 Å². The van der Waals surface area contributed by atoms with Gasteiger partial charge in [0, 0.05) is 17.3 Å². The van der Waals surface area contributed by atoms with Gasteiger partial charge in [-0.05, 0) is 45.1 Å². The third-order valence-corrected chi connectivity index (χ3v) is 7.77. The number of aromatic nitrogens is 2. The molecule has 0 bridgehead atoms. The highest BCUT2D eigenvalue weighted by atomic mass is 32.2. The fourth-order valence-electron chi connectivity index (χ4n) is 4.28. The SMILES string of the molecule is Cc1nn([C@H]2CCS(=O)(=O)C2)c(C)c1/C=C(\C#N)C(=O)N[C@H]1CCCC[C@@H]1C. The Hall–Kier alpha value is -2.14. The van der Waals surface area contributed by atoms with Crippen LogP contribution >= 0.6 is 0 Å². The molecule has 1 saturated heterocycles. The van der Waals surface area contributed by atoms with Gasteiger partial charge in [0.05, 0.1) is 23.2 Å². The lowest BCUT2D eigenvalue weighted by molar-refractivity contribution is -0.118. The summed E-state index contributed by atoms with van der Waals surface area (Å²) in [6, 6.07) is 1.93. The number of carbonyl (C=O) groups excluding carboxylic acids is 1. The van der Waals surface area contributed by atoms with Crippen molar-refractivity contribution in [3.63, 3.8) is 0 Å². The highest BCUT2D eigenvalue weighted by Crippen LogP contribution is 2.28. The van der Waals surface area contributed by atoms with E-state index in [0.717, 1.165) is 25.0 Å². The Morgan fingerprint density at radius 2 is 2.00 bits per heavy atom. The molecule has 3 atom stereocenters. The van der Waals surface area contributed by atoms with Crippen LogP contribution in [0.25, 0.3) is 6.08 Å². The Labute approximate surface area is 166 Å². The summed E-state index contributed by atoms with van der Waals surface area (Å²) in [5, 5.41) is 17.1. The number of rotatable bonds is 4. The van der Waals surface area contributed by atoms with Crippen molar-refractivity contribution in [2.45, 2.75) is 65.0 Å². The summed E-state index contributed by atoms with van der Waals surface area (Å²) in [4.78, 5) is 12.7. The van der Waals surface area contributed by atoms with Gasteiger partial charge in [0.1, 0.15) is 11.6 Å². The molecule has 152 valence electrons. The first-order valence-electron chi connectivity index (χ1n) is 9.90. The second-order valence-electron chi connectivity index (χ2n) is 8.10. The predicted molar refractivity (Wildman–Crippen MR) is 107 cm³/mol. The van der Waals surface area contributed by atoms with Crippen molar-refractivity contribution in [3.8, 4) is 6.07 Å². The van der Waals surface area contributed by atoms with Crippen LogP contribution in [0.5, 0.6) is 0 Å². The molecule has 7 nitrogen and oxygen atoms in total. The van der Waals surface area contributed by atoms with Crippen LogP contribution in [0.15, 0.2) is 5.57 Å². The van der Waals surface area contributed by atoms with Crippen molar-refractivity contribution in [1.82, 2.24) is 15.1 Å². The minimum atomic E-state index is -3.02. The van der Waals surface area contributed by atoms with Crippen molar-refractivity contribution in [3.05, 3.63) is 22.5 Å². The maximum absolute atomic E-state index is 12.7. The lowest BCUT2D eigenvalue weighted by Crippen LogP contribution is -2.41. The van der Waals surface area contributed by atoms with E-state index in [4.69, 9.17) is 0 Å². The van der Waals surface area contributed by atoms with Gasteiger partial charge >= 0.3 is 0 Å². The molecule has 2 fully saturated rings. The summed E-state index contributed by atoms with van der Waals surface area (Å²) in [6.07, 6.45) is 6.43. The standard InChI is InChI=1S/C20H28N4O3S/c1-13-6-4-5-7-19(13)22-20(25)16(11-21)10-18-14(2)23-24(15(18)3)17-8-9-28(26,27)12-17/h10,13,17,19H,4-9,12H2,1-3H3,(H,22,25)/b16-10+/t13-,17-,19-/m0/s1. The number of amides is 1. The van der Waals surface area contributed by atoms with Crippen LogP contribution in [0.1, 0.15) is 62.0 Å². The fraction of sp³-hybridized carbons (Fsp3) is 0.650. The Morgan fingerprint density at radius 3 is 2.61 bits per heavy atom. The molecule has 2 heterocycles. The molecule has 3 rings (SSSR count). The van der Waals surface area contributed by atoms with Gasteiger partial charge in [0.25, 0.3) is 5.91 Å². The number of aryl methyl sites for hydroxylation is 1. The van der Waals surface area contributed by atoms with Gasteiger partial charge in [-0.25, -0.2) is 8.42 Å². The van der Waals surface area contributed by atoms with Gasteiger partial charge in [-0.3, -0.25) is 9.48 Å². The van der Waals surface area contributed by atoms with E-state index in [9.17, 15) is 18.5 Å². The number of nitrogens with zero attached hydrogens (tertiary/aromatic N) is 3. The molecule has 1 aliphatic carbocycles. The zero-order valence-corrected chi connectivity index (χ0v) is 17.6. The first-order chi connectivity index (χ1) is 13.2. The highest BCUT2D eigenvalue weighted by Gasteiger charge is 2.31. The zero-order valence-electron chi connectivity index (χ0n) is 16.7. The third-order valence-electron chi connectivity index (χ3n) is 6.02. The van der Waals surface area contributed by atoms with Crippen molar-refractivity contribution in [1.29, 1.82) is 5.26 Å². The Kier molecular flexibility index (Phi) is 5.94. The lowest BCUT2D eigenvalue weighted by Gasteiger charge is -2.29. The molecule has 0 unspecified atom stereocenters. The maximum atomic E-state index is 12.7. The highest BCUT2D eigenvalue weighted by molar-refractivity contribution is 7.91. The van der Waals surface area contributed by atoms with Gasteiger partial charge < -0.3 is 5.32 Å². The summed E-state index contributed by atoms with van der Waals surface area (Å²) < 4.78 is 25.3. The molecule has 0 radical (unpaired) electrons. The first-order valence-corrected chi connectivity index (χ1v) is 11.7. The zero-order chi connectivity index (χ0) is 20.5. The minimum absolute atomic E-state index is 0.0579. The van der Waals surface area contributed by atoms with Crippen molar-refractivity contribution in [2.75, 3.05) is 11.5 Å². The van der Waals surface area contributed by atoms with Gasteiger partial charge in [-0.1, -0.05) is 19.8 Å². The fourth-order valence-corrected chi connectivity index (χ4v) is 5.97. The van der Waals surface area contributed by atoms with Crippen molar-refractivity contribution >= 4 is 21.8 Å². The monoisotopic (exact) mass is 404 g/mol. The number of sulfone groups is 1. The van der Waals surface area contributed by atoms with Gasteiger partial charge in [0.2, 0.25) is 0 Å². The normalized spacial score (nSPS) is 27.4. The Bertz CT molecular complexity index is 939. The third kappa shape index (κ3) is 4.30. The van der Waals surface area contributed by atoms with Crippen LogP contribution in [0.4, 0.5) is 0 Å². The van der Waals surface area contributed by atoms with E-state index in [1.807, 2.05) is 19.9 Å². The van der Waals surface area contributed by atoms with E-state index in [1.165, 1.54) is 6.42 Å². The average molecular weight is 405 g/mol. The van der Waals surface area contributed by atoms with Crippen LogP contribution < -0.4 is 5.32 Å². The summed E-state index contributed by atoms with van der Waals surface area (Å²) in [5.41, 5.74) is 2.25. The topological polar surface area (TPSA) is 105 Å². The molecule has 1 amide bonds. The Balaban J connectivity index is 1.82. The summed E-state index contributed by atoms with van der Waals surface area (Å²) in [5.74, 6) is 0.319. The number of hydrogen-bond donors (Lipinski definition) is 1. The first kappa shape index (κ1) is 20.6. The molecule has 0 spiro atoms. The molecule has 0 aromatic carbocycles. The second kappa shape index (κ2) is 8.08. The minimum Gasteiger partial charge on any atom is -0.348 e. The van der Waals surface area contributed by atoms with E-state index in [0.29, 0.717) is 23.6 Å². The molecular weight excluding hydrogens is 376 g/mol. The molecule has 28 heavy (non-hydrogen) atoms. The van der Waals surface area contributed by atoms with E-state index in [2.05, 4.69) is 17.3 Å². The summed E-state index contributed by atoms with van der Waals surface area (Å²) in [6.45, 7) is 5.80. The smallest absolute Gasteiger partial charge is 0.262 e. The molecule has 2 aliphatic rings. The second-order valence-corrected chi connectivity index (χ2v) is 10.3. The molecule has 1 aromatic heterocycles. The molecule has 8 heteroatoms. The number of carbonyl (C=O) groups is 1. The molecular formula is C20H28N4O3S. The number of nitrogens with one attached hydrogen (secondary N) is 1. The molecule has 1 aromatic rings. The average Bonchev–Trinajstić information content (AvgIpc) is 3.14. The van der Waals surface area contributed by atoms with E-state index >= 15 is 0 Å². The number of nitriles is 1.